The van der Waals surface area contributed by atoms with E-state index in [1.54, 1.807) is 0 Å². The molecule has 2 aromatic rings. The molecule has 7 heteroatoms. The number of hydrogen-bond acceptors (Lipinski definition) is 5. The Hall–Kier alpha value is -1.63. The van der Waals surface area contributed by atoms with E-state index in [9.17, 15) is 4.79 Å². The lowest BCUT2D eigenvalue weighted by Crippen LogP contribution is -2.38. The molecule has 0 atom stereocenters. The largest absolute Gasteiger partial charge is 0.349 e. The van der Waals surface area contributed by atoms with Gasteiger partial charge in [0, 0.05) is 26.2 Å². The van der Waals surface area contributed by atoms with Crippen molar-refractivity contribution in [1.29, 1.82) is 0 Å². The van der Waals surface area contributed by atoms with Crippen molar-refractivity contribution in [2.75, 3.05) is 25.9 Å². The van der Waals surface area contributed by atoms with Gasteiger partial charge in [-0.1, -0.05) is 47.6 Å². The summed E-state index contributed by atoms with van der Waals surface area (Å²) in [5.74, 6) is -0.255. The van der Waals surface area contributed by atoms with Gasteiger partial charge in [-0.2, -0.15) is 0 Å². The minimum Gasteiger partial charge on any atom is -0.349 e. The summed E-state index contributed by atoms with van der Waals surface area (Å²) in [5.41, 5.74) is 3.04. The number of nitrogens with one attached hydrogen (secondary N) is 1. The second-order valence-corrected chi connectivity index (χ2v) is 6.78. The van der Waals surface area contributed by atoms with E-state index in [0.717, 1.165) is 26.1 Å². The molecule has 1 aromatic heterocycles. The summed E-state index contributed by atoms with van der Waals surface area (Å²) in [6.07, 6.45) is 4.38. The van der Waals surface area contributed by atoms with Crippen LogP contribution in [0.1, 0.15) is 21.6 Å². The van der Waals surface area contributed by atoms with Gasteiger partial charge >= 0.3 is 0 Å². The molecule has 1 aliphatic rings. The molecular formula is C17H19ClN4OS. The van der Waals surface area contributed by atoms with Gasteiger partial charge in [0.15, 0.2) is 10.9 Å². The highest BCUT2D eigenvalue weighted by molar-refractivity contribution is 7.98. The molecule has 5 nitrogen and oxygen atoms in total. The number of hydrogen-bond donors (Lipinski definition) is 1. The minimum absolute atomic E-state index is 0.236. The van der Waals surface area contributed by atoms with E-state index in [4.69, 9.17) is 11.6 Å². The number of carbonyl (C=O) groups is 1. The second-order valence-electron chi connectivity index (χ2n) is 5.60. The zero-order chi connectivity index (χ0) is 16.9. The van der Waals surface area contributed by atoms with Crippen molar-refractivity contribution in [2.24, 2.45) is 0 Å². The Labute approximate surface area is 150 Å². The summed E-state index contributed by atoms with van der Waals surface area (Å²) in [6.45, 7) is 3.31. The van der Waals surface area contributed by atoms with E-state index < -0.39 is 0 Å². The molecule has 3 rings (SSSR count). The Morgan fingerprint density at radius 3 is 2.96 bits per heavy atom. The van der Waals surface area contributed by atoms with Gasteiger partial charge in [0.25, 0.3) is 5.91 Å². The highest BCUT2D eigenvalue weighted by atomic mass is 35.5. The number of aromatic nitrogens is 2. The molecule has 24 heavy (non-hydrogen) atoms. The first kappa shape index (κ1) is 17.2. The van der Waals surface area contributed by atoms with Crippen LogP contribution in [0.25, 0.3) is 0 Å². The van der Waals surface area contributed by atoms with Gasteiger partial charge in [-0.15, -0.1) is 0 Å². The van der Waals surface area contributed by atoms with E-state index in [-0.39, 0.29) is 16.6 Å². The molecule has 0 saturated carbocycles. The average molecular weight is 363 g/mol. The second kappa shape index (κ2) is 7.96. The quantitative estimate of drug-likeness (QED) is 0.654. The fourth-order valence-electron chi connectivity index (χ4n) is 2.76. The molecule has 0 radical (unpaired) electrons. The van der Waals surface area contributed by atoms with Crippen LogP contribution in [0.4, 0.5) is 0 Å². The molecule has 1 aliphatic heterocycles. The van der Waals surface area contributed by atoms with Crippen molar-refractivity contribution in [3.05, 3.63) is 52.3 Å². The van der Waals surface area contributed by atoms with Gasteiger partial charge < -0.3 is 5.32 Å². The van der Waals surface area contributed by atoms with Crippen molar-refractivity contribution >= 4 is 29.3 Å². The average Bonchev–Trinajstić information content (AvgIpc) is 2.62. The van der Waals surface area contributed by atoms with Crippen molar-refractivity contribution in [2.45, 2.75) is 18.1 Å². The van der Waals surface area contributed by atoms with Crippen LogP contribution in [-0.2, 0) is 13.0 Å². The predicted octanol–water partition coefficient (Wildman–Crippen LogP) is 2.64. The summed E-state index contributed by atoms with van der Waals surface area (Å²) in [7, 11) is 0. The summed E-state index contributed by atoms with van der Waals surface area (Å²) in [4.78, 5) is 22.8. The first-order valence-electron chi connectivity index (χ1n) is 7.81. The molecule has 0 spiro atoms. The molecule has 0 saturated heterocycles. The molecule has 2 heterocycles. The zero-order valence-electron chi connectivity index (χ0n) is 13.5. The Morgan fingerprint density at radius 1 is 1.38 bits per heavy atom. The van der Waals surface area contributed by atoms with Gasteiger partial charge in [-0.05, 0) is 23.8 Å². The van der Waals surface area contributed by atoms with Crippen LogP contribution in [0.5, 0.6) is 0 Å². The maximum absolute atomic E-state index is 12.3. The number of rotatable bonds is 5. The summed E-state index contributed by atoms with van der Waals surface area (Å²) in [6, 6.07) is 8.52. The lowest BCUT2D eigenvalue weighted by atomic mass is 10.00. The molecule has 0 bridgehead atoms. The third kappa shape index (κ3) is 4.06. The van der Waals surface area contributed by atoms with Crippen LogP contribution in [-0.4, -0.2) is 46.7 Å². The van der Waals surface area contributed by atoms with E-state index in [0.29, 0.717) is 11.7 Å². The number of thioether (sulfide) groups is 1. The van der Waals surface area contributed by atoms with Crippen molar-refractivity contribution in [3.63, 3.8) is 0 Å². The van der Waals surface area contributed by atoms with E-state index >= 15 is 0 Å². The standard InChI is InChI=1S/C17H19ClN4OS/c1-24-17-20-10-14(18)15(21-17)16(23)19-7-9-22-8-6-12-4-2-3-5-13(12)11-22/h2-5,10H,6-9,11H2,1H3,(H,19,23). The lowest BCUT2D eigenvalue weighted by Gasteiger charge is -2.28. The number of amides is 1. The number of nitrogens with zero attached hydrogens (tertiary/aromatic N) is 3. The van der Waals surface area contributed by atoms with E-state index in [1.165, 1.54) is 29.1 Å². The highest BCUT2D eigenvalue weighted by Gasteiger charge is 2.17. The Bertz CT molecular complexity index is 740. The van der Waals surface area contributed by atoms with Gasteiger partial charge in [0.2, 0.25) is 0 Å². The van der Waals surface area contributed by atoms with E-state index in [1.807, 2.05) is 6.26 Å². The third-order valence-corrected chi connectivity index (χ3v) is 4.88. The van der Waals surface area contributed by atoms with Crippen molar-refractivity contribution < 1.29 is 4.79 Å². The molecule has 1 aromatic carbocycles. The Balaban J connectivity index is 1.53. The molecule has 1 amide bonds. The molecular weight excluding hydrogens is 344 g/mol. The molecule has 0 unspecified atom stereocenters. The summed E-state index contributed by atoms with van der Waals surface area (Å²) in [5, 5.41) is 3.71. The van der Waals surface area contributed by atoms with Gasteiger partial charge in [-0.25, -0.2) is 9.97 Å². The normalized spacial score (nSPS) is 14.2. The molecule has 1 N–H and O–H groups in total. The van der Waals surface area contributed by atoms with Crippen LogP contribution in [0, 0.1) is 0 Å². The van der Waals surface area contributed by atoms with Crippen LogP contribution in [0.2, 0.25) is 5.02 Å². The highest BCUT2D eigenvalue weighted by Crippen LogP contribution is 2.18. The molecule has 0 fully saturated rings. The first-order valence-corrected chi connectivity index (χ1v) is 9.41. The van der Waals surface area contributed by atoms with Crippen LogP contribution in [0.3, 0.4) is 0 Å². The van der Waals surface area contributed by atoms with Crippen LogP contribution in [0.15, 0.2) is 35.6 Å². The summed E-state index contributed by atoms with van der Waals surface area (Å²) >= 11 is 7.41. The van der Waals surface area contributed by atoms with Crippen molar-refractivity contribution in [3.8, 4) is 0 Å². The number of carbonyl (C=O) groups excluding carboxylic acids is 1. The number of benzene rings is 1. The Kier molecular flexibility index (Phi) is 5.71. The molecule has 0 aliphatic carbocycles. The maximum atomic E-state index is 12.3. The third-order valence-electron chi connectivity index (χ3n) is 4.04. The number of halogens is 1. The fraction of sp³-hybridized carbons (Fsp3) is 0.353. The predicted molar refractivity (Wildman–Crippen MR) is 96.6 cm³/mol. The smallest absolute Gasteiger partial charge is 0.271 e. The lowest BCUT2D eigenvalue weighted by molar-refractivity contribution is 0.0941. The van der Waals surface area contributed by atoms with Crippen LogP contribution >= 0.6 is 23.4 Å². The molecule has 126 valence electrons. The van der Waals surface area contributed by atoms with Crippen LogP contribution < -0.4 is 5.32 Å². The minimum atomic E-state index is -0.255. The van der Waals surface area contributed by atoms with Crippen molar-refractivity contribution in [1.82, 2.24) is 20.2 Å². The summed E-state index contributed by atoms with van der Waals surface area (Å²) < 4.78 is 0. The SMILES string of the molecule is CSc1ncc(Cl)c(C(=O)NCCN2CCc3ccccc3C2)n1. The monoisotopic (exact) mass is 362 g/mol. The van der Waals surface area contributed by atoms with E-state index in [2.05, 4.69) is 44.5 Å². The fourth-order valence-corrected chi connectivity index (χ4v) is 3.28. The first-order chi connectivity index (χ1) is 11.7. The Morgan fingerprint density at radius 2 is 2.17 bits per heavy atom. The van der Waals surface area contributed by atoms with Gasteiger partial charge in [-0.3, -0.25) is 9.69 Å². The van der Waals surface area contributed by atoms with Gasteiger partial charge in [0.1, 0.15) is 0 Å². The topological polar surface area (TPSA) is 58.1 Å². The van der Waals surface area contributed by atoms with Gasteiger partial charge in [0.05, 0.1) is 11.2 Å². The maximum Gasteiger partial charge on any atom is 0.271 e. The number of fused-ring (bicyclic) bond motifs is 1. The zero-order valence-corrected chi connectivity index (χ0v) is 15.0.